The molecule has 1 aliphatic heterocycles. The molecular formula is C18H23Cl2N5O2S. The number of rotatable bonds is 6. The molecule has 1 amide bonds. The lowest BCUT2D eigenvalue weighted by molar-refractivity contribution is -0.120. The fraction of sp³-hybridized carbons (Fsp3) is 0.500. The minimum atomic E-state index is -0.339. The van der Waals surface area contributed by atoms with Gasteiger partial charge in [0.2, 0.25) is 11.9 Å². The molecule has 0 radical (unpaired) electrons. The zero-order valence-corrected chi connectivity index (χ0v) is 18.3. The Morgan fingerprint density at radius 2 is 1.96 bits per heavy atom. The zero-order chi connectivity index (χ0) is 20.3. The number of benzene rings is 1. The highest BCUT2D eigenvalue weighted by atomic mass is 35.5. The van der Waals surface area contributed by atoms with Crippen molar-refractivity contribution in [3.05, 3.63) is 33.8 Å². The Morgan fingerprint density at radius 1 is 1.25 bits per heavy atom. The molecule has 0 bridgehead atoms. The molecule has 1 fully saturated rings. The van der Waals surface area contributed by atoms with Crippen LogP contribution in [0.5, 0.6) is 0 Å². The second kappa shape index (κ2) is 9.35. The van der Waals surface area contributed by atoms with Crippen molar-refractivity contribution >= 4 is 46.8 Å². The van der Waals surface area contributed by atoms with Crippen molar-refractivity contribution in [2.45, 2.75) is 30.3 Å². The number of morpholine rings is 1. The van der Waals surface area contributed by atoms with Gasteiger partial charge < -0.3 is 15.0 Å². The maximum atomic E-state index is 12.6. The van der Waals surface area contributed by atoms with Crippen molar-refractivity contribution in [2.24, 2.45) is 7.05 Å². The van der Waals surface area contributed by atoms with E-state index in [-0.39, 0.29) is 17.2 Å². The third kappa shape index (κ3) is 4.92. The van der Waals surface area contributed by atoms with Crippen LogP contribution in [0.3, 0.4) is 0 Å². The van der Waals surface area contributed by atoms with Crippen molar-refractivity contribution in [2.75, 3.05) is 31.2 Å². The minimum Gasteiger partial charge on any atom is -0.378 e. The Balaban J connectivity index is 1.62. The predicted octanol–water partition coefficient (Wildman–Crippen LogP) is 3.32. The summed E-state index contributed by atoms with van der Waals surface area (Å²) in [7, 11) is 1.91. The number of nitrogens with one attached hydrogen (secondary N) is 1. The van der Waals surface area contributed by atoms with Crippen LogP contribution in [0.2, 0.25) is 10.0 Å². The van der Waals surface area contributed by atoms with Gasteiger partial charge in [0.25, 0.3) is 0 Å². The van der Waals surface area contributed by atoms with E-state index in [1.807, 2.05) is 31.5 Å². The van der Waals surface area contributed by atoms with Gasteiger partial charge in [-0.1, -0.05) is 41.0 Å². The SMILES string of the molecule is CC(Sc1nnc(N2CCOCC2)n1C)C(=O)NC(C)c1ccc(Cl)cc1Cl. The fourth-order valence-electron chi connectivity index (χ4n) is 2.92. The van der Waals surface area contributed by atoms with Crippen LogP contribution in [0.1, 0.15) is 25.5 Å². The van der Waals surface area contributed by atoms with Crippen LogP contribution in [-0.2, 0) is 16.6 Å². The molecule has 0 saturated carbocycles. The largest absolute Gasteiger partial charge is 0.378 e. The molecule has 3 rings (SSSR count). The van der Waals surface area contributed by atoms with Crippen LogP contribution < -0.4 is 10.2 Å². The molecule has 1 saturated heterocycles. The van der Waals surface area contributed by atoms with Gasteiger partial charge in [-0.05, 0) is 31.5 Å². The predicted molar refractivity (Wildman–Crippen MR) is 112 cm³/mol. The first-order valence-electron chi connectivity index (χ1n) is 9.01. The van der Waals surface area contributed by atoms with E-state index in [0.717, 1.165) is 24.6 Å². The molecule has 2 heterocycles. The van der Waals surface area contributed by atoms with Crippen molar-refractivity contribution in [3.8, 4) is 0 Å². The van der Waals surface area contributed by atoms with E-state index in [9.17, 15) is 4.79 Å². The van der Waals surface area contributed by atoms with E-state index < -0.39 is 0 Å². The molecule has 1 aliphatic rings. The first kappa shape index (κ1) is 21.2. The van der Waals surface area contributed by atoms with Gasteiger partial charge in [0.05, 0.1) is 24.5 Å². The topological polar surface area (TPSA) is 72.3 Å². The second-order valence-corrected chi connectivity index (χ2v) is 8.75. The summed E-state index contributed by atoms with van der Waals surface area (Å²) >= 11 is 13.6. The molecular weight excluding hydrogens is 421 g/mol. The van der Waals surface area contributed by atoms with Crippen LogP contribution in [0.25, 0.3) is 0 Å². The summed E-state index contributed by atoms with van der Waals surface area (Å²) in [4.78, 5) is 14.8. The molecule has 1 aromatic heterocycles. The van der Waals surface area contributed by atoms with Crippen LogP contribution in [0.4, 0.5) is 5.95 Å². The number of halogens is 2. The molecule has 0 spiro atoms. The third-order valence-electron chi connectivity index (χ3n) is 4.55. The molecule has 1 aromatic carbocycles. The van der Waals surface area contributed by atoms with Crippen LogP contribution >= 0.6 is 35.0 Å². The first-order chi connectivity index (χ1) is 13.4. The number of thioether (sulfide) groups is 1. The number of aromatic nitrogens is 3. The quantitative estimate of drug-likeness (QED) is 0.690. The van der Waals surface area contributed by atoms with Gasteiger partial charge >= 0.3 is 0 Å². The average Bonchev–Trinajstić information content (AvgIpc) is 3.02. The van der Waals surface area contributed by atoms with Crippen molar-refractivity contribution in [1.29, 1.82) is 0 Å². The molecule has 10 heteroatoms. The van der Waals surface area contributed by atoms with Crippen LogP contribution in [-0.4, -0.2) is 52.2 Å². The van der Waals surface area contributed by atoms with E-state index in [1.165, 1.54) is 11.8 Å². The molecule has 2 aromatic rings. The Hall–Kier alpha value is -1.48. The van der Waals surface area contributed by atoms with E-state index in [1.54, 1.807) is 12.1 Å². The van der Waals surface area contributed by atoms with Crippen molar-refractivity contribution in [1.82, 2.24) is 20.1 Å². The van der Waals surface area contributed by atoms with Gasteiger partial charge in [0.15, 0.2) is 5.16 Å². The number of hydrogen-bond donors (Lipinski definition) is 1. The third-order valence-corrected chi connectivity index (χ3v) is 6.24. The maximum Gasteiger partial charge on any atom is 0.233 e. The normalized spacial score (nSPS) is 16.7. The summed E-state index contributed by atoms with van der Waals surface area (Å²) in [5, 5.41) is 13.0. The van der Waals surface area contributed by atoms with Gasteiger partial charge in [-0.15, -0.1) is 10.2 Å². The zero-order valence-electron chi connectivity index (χ0n) is 16.0. The lowest BCUT2D eigenvalue weighted by Crippen LogP contribution is -2.37. The highest BCUT2D eigenvalue weighted by Gasteiger charge is 2.23. The van der Waals surface area contributed by atoms with Gasteiger partial charge in [-0.3, -0.25) is 9.36 Å². The molecule has 28 heavy (non-hydrogen) atoms. The van der Waals surface area contributed by atoms with E-state index in [0.29, 0.717) is 28.4 Å². The molecule has 7 nitrogen and oxygen atoms in total. The van der Waals surface area contributed by atoms with Crippen LogP contribution in [0, 0.1) is 0 Å². The fourth-order valence-corrected chi connectivity index (χ4v) is 4.31. The van der Waals surface area contributed by atoms with E-state index in [4.69, 9.17) is 27.9 Å². The molecule has 2 atom stereocenters. The van der Waals surface area contributed by atoms with Crippen molar-refractivity contribution in [3.63, 3.8) is 0 Å². The highest BCUT2D eigenvalue weighted by molar-refractivity contribution is 8.00. The van der Waals surface area contributed by atoms with Crippen molar-refractivity contribution < 1.29 is 9.53 Å². The second-order valence-electron chi connectivity index (χ2n) is 6.60. The summed E-state index contributed by atoms with van der Waals surface area (Å²) in [6.07, 6.45) is 0. The number of hydrogen-bond acceptors (Lipinski definition) is 6. The lowest BCUT2D eigenvalue weighted by atomic mass is 10.1. The number of carbonyl (C=O) groups is 1. The van der Waals surface area contributed by atoms with Gasteiger partial charge in [-0.25, -0.2) is 0 Å². The summed E-state index contributed by atoms with van der Waals surface area (Å²) < 4.78 is 7.29. The van der Waals surface area contributed by atoms with Gasteiger partial charge in [0.1, 0.15) is 0 Å². The smallest absolute Gasteiger partial charge is 0.233 e. The first-order valence-corrected chi connectivity index (χ1v) is 10.6. The average molecular weight is 444 g/mol. The summed E-state index contributed by atoms with van der Waals surface area (Å²) in [6.45, 7) is 6.67. The minimum absolute atomic E-state index is 0.0977. The summed E-state index contributed by atoms with van der Waals surface area (Å²) in [6, 6.07) is 5.02. The Kier molecular flexibility index (Phi) is 7.09. The number of anilines is 1. The van der Waals surface area contributed by atoms with Gasteiger partial charge in [-0.2, -0.15) is 0 Å². The monoisotopic (exact) mass is 443 g/mol. The molecule has 1 N–H and O–H groups in total. The molecule has 152 valence electrons. The van der Waals surface area contributed by atoms with E-state index in [2.05, 4.69) is 20.4 Å². The number of carbonyl (C=O) groups excluding carboxylic acids is 1. The maximum absolute atomic E-state index is 12.6. The standard InChI is InChI=1S/C18H23Cl2N5O2S/c1-11(14-5-4-13(19)10-15(14)20)21-16(26)12(2)28-18-23-22-17(24(18)3)25-6-8-27-9-7-25/h4-5,10-12H,6-9H2,1-3H3,(H,21,26). The molecule has 2 unspecified atom stereocenters. The highest BCUT2D eigenvalue weighted by Crippen LogP contribution is 2.28. The number of ether oxygens (including phenoxy) is 1. The number of nitrogens with zero attached hydrogens (tertiary/aromatic N) is 4. The van der Waals surface area contributed by atoms with E-state index >= 15 is 0 Å². The Bertz CT molecular complexity index is 841. The summed E-state index contributed by atoms with van der Waals surface area (Å²) in [5.74, 6) is 0.694. The molecule has 0 aliphatic carbocycles. The lowest BCUT2D eigenvalue weighted by Gasteiger charge is -2.27. The van der Waals surface area contributed by atoms with Gasteiger partial charge in [0, 0.05) is 30.2 Å². The number of amides is 1. The van der Waals surface area contributed by atoms with Crippen LogP contribution in [0.15, 0.2) is 23.4 Å². The Labute approximate surface area is 178 Å². The Morgan fingerprint density at radius 3 is 2.64 bits per heavy atom. The summed E-state index contributed by atoms with van der Waals surface area (Å²) in [5.41, 5.74) is 0.824.